The Morgan fingerprint density at radius 1 is 1.29 bits per heavy atom. The fourth-order valence-corrected chi connectivity index (χ4v) is 2.58. The SMILES string of the molecule is CC1CC(NC(=O)[C@H]2NCCO[C@@H]2C)CCN1. The monoisotopic (exact) mass is 241 g/mol. The number of hydrogen-bond acceptors (Lipinski definition) is 4. The number of ether oxygens (including phenoxy) is 1. The normalized spacial score (nSPS) is 38.7. The number of rotatable bonds is 2. The predicted octanol–water partition coefficient (Wildman–Crippen LogP) is -0.380. The van der Waals surface area contributed by atoms with Gasteiger partial charge in [-0.15, -0.1) is 0 Å². The van der Waals surface area contributed by atoms with Crippen molar-refractivity contribution in [2.24, 2.45) is 0 Å². The molecule has 2 aliphatic rings. The van der Waals surface area contributed by atoms with E-state index in [9.17, 15) is 4.79 Å². The van der Waals surface area contributed by atoms with Gasteiger partial charge >= 0.3 is 0 Å². The molecule has 0 spiro atoms. The molecule has 2 aliphatic heterocycles. The Bertz CT molecular complexity index is 272. The summed E-state index contributed by atoms with van der Waals surface area (Å²) in [5.74, 6) is 0.0799. The van der Waals surface area contributed by atoms with Gasteiger partial charge in [-0.3, -0.25) is 4.79 Å². The van der Waals surface area contributed by atoms with Crippen LogP contribution in [0.4, 0.5) is 0 Å². The highest BCUT2D eigenvalue weighted by Gasteiger charge is 2.30. The van der Waals surface area contributed by atoms with Crippen LogP contribution in [0.2, 0.25) is 0 Å². The van der Waals surface area contributed by atoms with Crippen LogP contribution >= 0.6 is 0 Å². The number of carbonyl (C=O) groups is 1. The maximum absolute atomic E-state index is 12.1. The fraction of sp³-hybridized carbons (Fsp3) is 0.917. The van der Waals surface area contributed by atoms with E-state index >= 15 is 0 Å². The van der Waals surface area contributed by atoms with Crippen LogP contribution in [0, 0.1) is 0 Å². The third-order valence-corrected chi connectivity index (χ3v) is 3.57. The van der Waals surface area contributed by atoms with E-state index in [1.165, 1.54) is 0 Å². The minimum atomic E-state index is -0.200. The van der Waals surface area contributed by atoms with E-state index < -0.39 is 0 Å². The standard InChI is InChI=1S/C12H23N3O2/c1-8-7-10(3-4-13-8)15-12(16)11-9(2)17-6-5-14-11/h8-11,13-14H,3-7H2,1-2H3,(H,15,16)/t8?,9-,10?,11+/m1/s1. The molecule has 0 aliphatic carbocycles. The van der Waals surface area contributed by atoms with E-state index in [4.69, 9.17) is 4.74 Å². The third kappa shape index (κ3) is 3.40. The van der Waals surface area contributed by atoms with Crippen molar-refractivity contribution in [1.82, 2.24) is 16.0 Å². The average molecular weight is 241 g/mol. The lowest BCUT2D eigenvalue weighted by atomic mass is 10.00. The van der Waals surface area contributed by atoms with Gasteiger partial charge < -0.3 is 20.7 Å². The van der Waals surface area contributed by atoms with Gasteiger partial charge in [-0.1, -0.05) is 0 Å². The summed E-state index contributed by atoms with van der Waals surface area (Å²) in [6.07, 6.45) is 1.98. The molecule has 5 nitrogen and oxygen atoms in total. The summed E-state index contributed by atoms with van der Waals surface area (Å²) in [6, 6.07) is 0.589. The summed E-state index contributed by atoms with van der Waals surface area (Å²) in [4.78, 5) is 12.1. The summed E-state index contributed by atoms with van der Waals surface area (Å²) < 4.78 is 5.49. The maximum atomic E-state index is 12.1. The van der Waals surface area contributed by atoms with Crippen LogP contribution in [0.3, 0.4) is 0 Å². The zero-order chi connectivity index (χ0) is 12.3. The van der Waals surface area contributed by atoms with Crippen molar-refractivity contribution in [2.75, 3.05) is 19.7 Å². The highest BCUT2D eigenvalue weighted by Crippen LogP contribution is 2.10. The molecule has 0 radical (unpaired) electrons. The number of morpholine rings is 1. The molecule has 98 valence electrons. The van der Waals surface area contributed by atoms with Crippen molar-refractivity contribution in [3.8, 4) is 0 Å². The van der Waals surface area contributed by atoms with E-state index in [0.29, 0.717) is 18.7 Å². The van der Waals surface area contributed by atoms with E-state index in [0.717, 1.165) is 25.9 Å². The van der Waals surface area contributed by atoms with Crippen LogP contribution < -0.4 is 16.0 Å². The van der Waals surface area contributed by atoms with Gasteiger partial charge in [0.1, 0.15) is 6.04 Å². The van der Waals surface area contributed by atoms with Crippen LogP contribution in [-0.4, -0.2) is 49.8 Å². The Balaban J connectivity index is 1.83. The van der Waals surface area contributed by atoms with Crippen molar-refractivity contribution >= 4 is 5.91 Å². The zero-order valence-corrected chi connectivity index (χ0v) is 10.7. The molecule has 17 heavy (non-hydrogen) atoms. The quantitative estimate of drug-likeness (QED) is 0.617. The minimum absolute atomic E-state index is 0.0390. The van der Waals surface area contributed by atoms with Crippen LogP contribution in [0.5, 0.6) is 0 Å². The Morgan fingerprint density at radius 2 is 2.12 bits per heavy atom. The first kappa shape index (κ1) is 12.8. The van der Waals surface area contributed by atoms with Gasteiger partial charge in [-0.05, 0) is 33.2 Å². The first-order valence-corrected chi connectivity index (χ1v) is 6.55. The van der Waals surface area contributed by atoms with Crippen molar-refractivity contribution in [1.29, 1.82) is 0 Å². The van der Waals surface area contributed by atoms with Gasteiger partial charge in [0, 0.05) is 18.6 Å². The molecule has 0 bridgehead atoms. The lowest BCUT2D eigenvalue weighted by molar-refractivity contribution is -0.129. The molecule has 3 N–H and O–H groups in total. The van der Waals surface area contributed by atoms with Gasteiger partial charge in [0.05, 0.1) is 12.7 Å². The first-order chi connectivity index (χ1) is 8.16. The summed E-state index contributed by atoms with van der Waals surface area (Å²) in [5.41, 5.74) is 0. The van der Waals surface area contributed by atoms with Gasteiger partial charge in [0.15, 0.2) is 0 Å². The molecule has 2 saturated heterocycles. The topological polar surface area (TPSA) is 62.4 Å². The van der Waals surface area contributed by atoms with E-state index in [2.05, 4.69) is 22.9 Å². The number of carbonyl (C=O) groups excluding carboxylic acids is 1. The van der Waals surface area contributed by atoms with Gasteiger partial charge in [0.2, 0.25) is 5.91 Å². The average Bonchev–Trinajstić information content (AvgIpc) is 2.29. The molecular formula is C12H23N3O2. The molecule has 2 heterocycles. The number of hydrogen-bond donors (Lipinski definition) is 3. The Hall–Kier alpha value is -0.650. The molecule has 2 fully saturated rings. The predicted molar refractivity (Wildman–Crippen MR) is 65.8 cm³/mol. The summed E-state index contributed by atoms with van der Waals surface area (Å²) in [6.45, 7) is 6.53. The van der Waals surface area contributed by atoms with Crippen molar-refractivity contribution in [3.63, 3.8) is 0 Å². The second-order valence-corrected chi connectivity index (χ2v) is 5.09. The van der Waals surface area contributed by atoms with Crippen molar-refractivity contribution in [2.45, 2.75) is 50.9 Å². The molecule has 5 heteroatoms. The van der Waals surface area contributed by atoms with Crippen LogP contribution in [-0.2, 0) is 9.53 Å². The second kappa shape index (κ2) is 5.80. The van der Waals surface area contributed by atoms with Gasteiger partial charge in [-0.25, -0.2) is 0 Å². The van der Waals surface area contributed by atoms with Gasteiger partial charge in [-0.2, -0.15) is 0 Å². The smallest absolute Gasteiger partial charge is 0.240 e. The Labute approximate surface area is 103 Å². The lowest BCUT2D eigenvalue weighted by Gasteiger charge is -2.33. The second-order valence-electron chi connectivity index (χ2n) is 5.09. The van der Waals surface area contributed by atoms with E-state index in [1.807, 2.05) is 6.92 Å². The molecule has 0 aromatic heterocycles. The van der Waals surface area contributed by atoms with E-state index in [-0.39, 0.29) is 18.1 Å². The number of nitrogens with one attached hydrogen (secondary N) is 3. The van der Waals surface area contributed by atoms with Crippen LogP contribution in [0.15, 0.2) is 0 Å². The molecule has 0 aromatic rings. The Kier molecular flexibility index (Phi) is 4.36. The molecule has 1 amide bonds. The van der Waals surface area contributed by atoms with Crippen LogP contribution in [0.25, 0.3) is 0 Å². The molecule has 0 aromatic carbocycles. The van der Waals surface area contributed by atoms with Gasteiger partial charge in [0.25, 0.3) is 0 Å². The van der Waals surface area contributed by atoms with Crippen molar-refractivity contribution in [3.05, 3.63) is 0 Å². The molecule has 4 atom stereocenters. The summed E-state index contributed by atoms with van der Waals surface area (Å²) in [7, 11) is 0. The fourth-order valence-electron chi connectivity index (χ4n) is 2.58. The molecular weight excluding hydrogens is 218 g/mol. The zero-order valence-electron chi connectivity index (χ0n) is 10.7. The highest BCUT2D eigenvalue weighted by atomic mass is 16.5. The minimum Gasteiger partial charge on any atom is -0.375 e. The van der Waals surface area contributed by atoms with Crippen LogP contribution in [0.1, 0.15) is 26.7 Å². The number of piperidine rings is 1. The Morgan fingerprint density at radius 3 is 2.82 bits per heavy atom. The molecule has 2 unspecified atom stereocenters. The van der Waals surface area contributed by atoms with E-state index in [1.54, 1.807) is 0 Å². The first-order valence-electron chi connectivity index (χ1n) is 6.55. The third-order valence-electron chi connectivity index (χ3n) is 3.57. The maximum Gasteiger partial charge on any atom is 0.240 e. The summed E-state index contributed by atoms with van der Waals surface area (Å²) in [5, 5.41) is 9.73. The molecule has 0 saturated carbocycles. The lowest BCUT2D eigenvalue weighted by Crippen LogP contribution is -2.58. The van der Waals surface area contributed by atoms with Crippen molar-refractivity contribution < 1.29 is 9.53 Å². The largest absolute Gasteiger partial charge is 0.375 e. The highest BCUT2D eigenvalue weighted by molar-refractivity contribution is 5.82. The summed E-state index contributed by atoms with van der Waals surface area (Å²) >= 11 is 0. The molecule has 2 rings (SSSR count). The number of amides is 1.